The van der Waals surface area contributed by atoms with Crippen LogP contribution in [0.1, 0.15) is 43.9 Å². The van der Waals surface area contributed by atoms with Crippen molar-refractivity contribution in [3.63, 3.8) is 0 Å². The minimum Gasteiger partial charge on any atom is -0.493 e. The van der Waals surface area contributed by atoms with Crippen molar-refractivity contribution >= 4 is 29.9 Å². The summed E-state index contributed by atoms with van der Waals surface area (Å²) in [5.41, 5.74) is 1.05. The van der Waals surface area contributed by atoms with Gasteiger partial charge in [-0.2, -0.15) is 0 Å². The smallest absolute Gasteiger partial charge is 0.192 e. The Labute approximate surface area is 178 Å². The summed E-state index contributed by atoms with van der Waals surface area (Å²) < 4.78 is 16.6. The molecular formula is C20H30IN3O3. The number of guanidine groups is 1. The van der Waals surface area contributed by atoms with E-state index in [1.165, 1.54) is 0 Å². The second kappa shape index (κ2) is 11.7. The third kappa shape index (κ3) is 6.97. The topological polar surface area (TPSA) is 68.0 Å². The average molecular weight is 487 g/mol. The summed E-state index contributed by atoms with van der Waals surface area (Å²) in [4.78, 5) is 4.67. The number of halogens is 1. The average Bonchev–Trinajstić information content (AvgIpc) is 3.07. The van der Waals surface area contributed by atoms with Crippen molar-refractivity contribution in [2.45, 2.75) is 40.3 Å². The van der Waals surface area contributed by atoms with E-state index < -0.39 is 0 Å². The lowest BCUT2D eigenvalue weighted by Crippen LogP contribution is -2.38. The number of rotatable bonds is 8. The zero-order valence-corrected chi connectivity index (χ0v) is 19.0. The molecular weight excluding hydrogens is 457 g/mol. The van der Waals surface area contributed by atoms with Gasteiger partial charge in [-0.25, -0.2) is 4.99 Å². The van der Waals surface area contributed by atoms with Gasteiger partial charge in [-0.1, -0.05) is 6.07 Å². The van der Waals surface area contributed by atoms with E-state index in [-0.39, 0.29) is 30.0 Å². The summed E-state index contributed by atoms with van der Waals surface area (Å²) in [6.45, 7) is 9.88. The van der Waals surface area contributed by atoms with Crippen molar-refractivity contribution < 1.29 is 13.9 Å². The maximum Gasteiger partial charge on any atom is 0.192 e. The van der Waals surface area contributed by atoms with Gasteiger partial charge in [0.15, 0.2) is 17.5 Å². The van der Waals surface area contributed by atoms with E-state index in [1.54, 1.807) is 7.11 Å². The second-order valence-electron chi connectivity index (χ2n) is 5.93. The standard InChI is InChI=1S/C20H29N3O3.HI/c1-6-21-20(23-15(4)17-10-8-14(3)26-17)22-13-16-9-11-18(24-5)19(12-16)25-7-2;/h8-12,15H,6-7,13H2,1-5H3,(H2,21,22,23);1H. The Bertz CT molecular complexity index is 731. The van der Waals surface area contributed by atoms with Gasteiger partial charge in [0.05, 0.1) is 26.3 Å². The number of furan rings is 1. The van der Waals surface area contributed by atoms with Gasteiger partial charge < -0.3 is 24.5 Å². The fourth-order valence-electron chi connectivity index (χ4n) is 2.54. The van der Waals surface area contributed by atoms with Crippen LogP contribution >= 0.6 is 24.0 Å². The molecule has 6 nitrogen and oxygen atoms in total. The van der Waals surface area contributed by atoms with Gasteiger partial charge in [-0.3, -0.25) is 0 Å². The number of ether oxygens (including phenoxy) is 2. The van der Waals surface area contributed by atoms with Crippen LogP contribution in [0.3, 0.4) is 0 Å². The van der Waals surface area contributed by atoms with Crippen LogP contribution in [0.25, 0.3) is 0 Å². The third-order valence-corrected chi connectivity index (χ3v) is 3.83. The molecule has 0 radical (unpaired) electrons. The van der Waals surface area contributed by atoms with E-state index >= 15 is 0 Å². The van der Waals surface area contributed by atoms with Gasteiger partial charge in [-0.05, 0) is 57.5 Å². The summed E-state index contributed by atoms with van der Waals surface area (Å²) >= 11 is 0. The minimum absolute atomic E-state index is 0. The zero-order chi connectivity index (χ0) is 18.9. The maximum atomic E-state index is 5.68. The number of hydrogen-bond acceptors (Lipinski definition) is 4. The first kappa shape index (κ1) is 23.1. The highest BCUT2D eigenvalue weighted by molar-refractivity contribution is 14.0. The molecule has 0 aliphatic heterocycles. The van der Waals surface area contributed by atoms with Crippen molar-refractivity contribution in [2.24, 2.45) is 4.99 Å². The third-order valence-electron chi connectivity index (χ3n) is 3.83. The highest BCUT2D eigenvalue weighted by atomic mass is 127. The molecule has 0 fully saturated rings. The Morgan fingerprint density at radius 3 is 2.56 bits per heavy atom. The molecule has 0 aliphatic carbocycles. The van der Waals surface area contributed by atoms with Crippen LogP contribution in [-0.4, -0.2) is 26.2 Å². The number of nitrogens with zero attached hydrogens (tertiary/aromatic N) is 1. The number of benzene rings is 1. The lowest BCUT2D eigenvalue weighted by Gasteiger charge is -2.16. The lowest BCUT2D eigenvalue weighted by molar-refractivity contribution is 0.310. The van der Waals surface area contributed by atoms with E-state index in [1.807, 2.05) is 58.0 Å². The van der Waals surface area contributed by atoms with Crippen LogP contribution in [0.5, 0.6) is 11.5 Å². The lowest BCUT2D eigenvalue weighted by atomic mass is 10.2. The molecule has 0 spiro atoms. The van der Waals surface area contributed by atoms with E-state index in [2.05, 4.69) is 15.6 Å². The Morgan fingerprint density at radius 2 is 1.96 bits per heavy atom. The number of hydrogen-bond donors (Lipinski definition) is 2. The molecule has 1 heterocycles. The van der Waals surface area contributed by atoms with Crippen LogP contribution in [0.4, 0.5) is 0 Å². The van der Waals surface area contributed by atoms with E-state index in [0.717, 1.165) is 41.1 Å². The normalized spacial score (nSPS) is 12.1. The fourth-order valence-corrected chi connectivity index (χ4v) is 2.54. The van der Waals surface area contributed by atoms with Crippen LogP contribution in [-0.2, 0) is 6.54 Å². The highest BCUT2D eigenvalue weighted by Crippen LogP contribution is 2.28. The van der Waals surface area contributed by atoms with Crippen molar-refractivity contribution in [1.82, 2.24) is 10.6 Å². The largest absolute Gasteiger partial charge is 0.493 e. The van der Waals surface area contributed by atoms with Crippen molar-refractivity contribution in [2.75, 3.05) is 20.3 Å². The zero-order valence-electron chi connectivity index (χ0n) is 16.7. The number of methoxy groups -OCH3 is 1. The molecule has 1 atom stereocenters. The van der Waals surface area contributed by atoms with Gasteiger partial charge in [0.2, 0.25) is 0 Å². The minimum atomic E-state index is 0. The Hall–Kier alpha value is -1.90. The first-order valence-corrected chi connectivity index (χ1v) is 8.98. The van der Waals surface area contributed by atoms with Crippen molar-refractivity contribution in [3.05, 3.63) is 47.4 Å². The Kier molecular flexibility index (Phi) is 10.1. The molecule has 0 saturated heterocycles. The van der Waals surface area contributed by atoms with Gasteiger partial charge in [0.1, 0.15) is 11.5 Å². The molecule has 2 rings (SSSR count). The Morgan fingerprint density at radius 1 is 1.19 bits per heavy atom. The summed E-state index contributed by atoms with van der Waals surface area (Å²) in [6, 6.07) is 9.84. The quantitative estimate of drug-likeness (QED) is 0.328. The number of aryl methyl sites for hydroxylation is 1. The van der Waals surface area contributed by atoms with Crippen LogP contribution in [0, 0.1) is 6.92 Å². The first-order valence-electron chi connectivity index (χ1n) is 8.98. The molecule has 2 N–H and O–H groups in total. The highest BCUT2D eigenvalue weighted by Gasteiger charge is 2.11. The summed E-state index contributed by atoms with van der Waals surface area (Å²) in [5.74, 6) is 3.99. The van der Waals surface area contributed by atoms with Gasteiger partial charge >= 0.3 is 0 Å². The molecule has 7 heteroatoms. The molecule has 0 aliphatic rings. The molecule has 0 saturated carbocycles. The predicted octanol–water partition coefficient (Wildman–Crippen LogP) is 4.43. The van der Waals surface area contributed by atoms with Gasteiger partial charge in [0, 0.05) is 6.54 Å². The fraction of sp³-hybridized carbons (Fsp3) is 0.450. The van der Waals surface area contributed by atoms with Crippen LogP contribution in [0.15, 0.2) is 39.7 Å². The molecule has 2 aromatic rings. The van der Waals surface area contributed by atoms with E-state index in [0.29, 0.717) is 13.2 Å². The number of nitrogens with one attached hydrogen (secondary N) is 2. The summed E-state index contributed by atoms with van der Waals surface area (Å²) in [7, 11) is 1.64. The second-order valence-corrected chi connectivity index (χ2v) is 5.93. The molecule has 0 amide bonds. The van der Waals surface area contributed by atoms with E-state index in [9.17, 15) is 0 Å². The summed E-state index contributed by atoms with van der Waals surface area (Å²) in [6.07, 6.45) is 0. The van der Waals surface area contributed by atoms with Crippen LogP contribution in [0.2, 0.25) is 0 Å². The van der Waals surface area contributed by atoms with Crippen molar-refractivity contribution in [1.29, 1.82) is 0 Å². The SMILES string of the molecule is CCNC(=NCc1ccc(OC)c(OCC)c1)NC(C)c1ccc(C)o1.I. The van der Waals surface area contributed by atoms with Crippen LogP contribution < -0.4 is 20.1 Å². The number of aliphatic imine (C=N–C) groups is 1. The monoisotopic (exact) mass is 487 g/mol. The summed E-state index contributed by atoms with van der Waals surface area (Å²) in [5, 5.41) is 6.63. The molecule has 27 heavy (non-hydrogen) atoms. The molecule has 0 bridgehead atoms. The van der Waals surface area contributed by atoms with E-state index in [4.69, 9.17) is 13.9 Å². The maximum absolute atomic E-state index is 5.68. The molecule has 1 aromatic carbocycles. The first-order chi connectivity index (χ1) is 12.6. The molecule has 150 valence electrons. The van der Waals surface area contributed by atoms with Crippen molar-refractivity contribution in [3.8, 4) is 11.5 Å². The predicted molar refractivity (Wildman–Crippen MR) is 119 cm³/mol. The van der Waals surface area contributed by atoms with Gasteiger partial charge in [0.25, 0.3) is 0 Å². The molecule has 1 unspecified atom stereocenters. The molecule has 1 aromatic heterocycles. The Balaban J connectivity index is 0.00000364. The van der Waals surface area contributed by atoms with Gasteiger partial charge in [-0.15, -0.1) is 24.0 Å².